The van der Waals surface area contributed by atoms with Crippen LogP contribution in [0.25, 0.3) is 83.3 Å². The predicted octanol–water partition coefficient (Wildman–Crippen LogP) is 10.5. The zero-order valence-electron chi connectivity index (χ0n) is 23.7. The normalized spacial score (nSPS) is 11.6. The Morgan fingerprint density at radius 3 is 2.02 bits per heavy atom. The van der Waals surface area contributed by atoms with Gasteiger partial charge in [-0.3, -0.25) is 0 Å². The summed E-state index contributed by atoms with van der Waals surface area (Å²) in [6.07, 6.45) is 0. The van der Waals surface area contributed by atoms with E-state index in [4.69, 9.17) is 14.4 Å². The van der Waals surface area contributed by atoms with Crippen molar-refractivity contribution in [2.45, 2.75) is 0 Å². The van der Waals surface area contributed by atoms with Crippen molar-refractivity contribution in [3.05, 3.63) is 152 Å². The van der Waals surface area contributed by atoms with Gasteiger partial charge in [-0.15, -0.1) is 0 Å². The first kappa shape index (κ1) is 24.6. The van der Waals surface area contributed by atoms with Gasteiger partial charge in [-0.05, 0) is 53.6 Å². The zero-order valence-corrected chi connectivity index (χ0v) is 23.7. The Bertz CT molecular complexity index is 2490. The Hall–Kier alpha value is -6.00. The molecular formula is C40H25N3O. The molecule has 0 aliphatic heterocycles. The van der Waals surface area contributed by atoms with Crippen LogP contribution in [0.2, 0.25) is 0 Å². The molecule has 0 amide bonds. The lowest BCUT2D eigenvalue weighted by molar-refractivity contribution is 0.667. The summed E-state index contributed by atoms with van der Waals surface area (Å²) in [5.41, 5.74) is 10.9. The summed E-state index contributed by atoms with van der Waals surface area (Å²) in [7, 11) is 0. The summed E-state index contributed by atoms with van der Waals surface area (Å²) in [6.45, 7) is 0. The van der Waals surface area contributed by atoms with E-state index in [1.165, 1.54) is 27.4 Å². The lowest BCUT2D eigenvalue weighted by Gasteiger charge is -2.10. The molecular weight excluding hydrogens is 538 g/mol. The molecule has 4 heteroatoms. The highest BCUT2D eigenvalue weighted by Crippen LogP contribution is 2.40. The lowest BCUT2D eigenvalue weighted by atomic mass is 9.97. The van der Waals surface area contributed by atoms with Gasteiger partial charge < -0.3 is 8.98 Å². The summed E-state index contributed by atoms with van der Waals surface area (Å²) >= 11 is 0. The summed E-state index contributed by atoms with van der Waals surface area (Å²) in [5, 5.41) is 3.44. The third kappa shape index (κ3) is 3.78. The molecule has 0 N–H and O–H groups in total. The fraction of sp³-hybridized carbons (Fsp3) is 0. The molecule has 44 heavy (non-hydrogen) atoms. The van der Waals surface area contributed by atoms with Gasteiger partial charge in [0.05, 0.1) is 11.0 Å². The number of aromatic nitrogens is 3. The summed E-state index contributed by atoms with van der Waals surface area (Å²) in [6, 6.07) is 52.6. The zero-order chi connectivity index (χ0) is 29.0. The summed E-state index contributed by atoms with van der Waals surface area (Å²) in [4.78, 5) is 10.2. The van der Waals surface area contributed by atoms with Crippen LogP contribution in [0.15, 0.2) is 156 Å². The SMILES string of the molecule is c1ccc(-c2nc(-c3cccc(-c4cccc5c4c4ccccc4n5-c4ccccc4)c3)nc3c2oc2ccccc23)cc1. The molecule has 0 fully saturated rings. The molecule has 0 saturated heterocycles. The number of fused-ring (bicyclic) bond motifs is 6. The van der Waals surface area contributed by atoms with Crippen LogP contribution < -0.4 is 0 Å². The first-order valence-electron chi connectivity index (χ1n) is 14.8. The van der Waals surface area contributed by atoms with Crippen molar-refractivity contribution >= 4 is 43.9 Å². The van der Waals surface area contributed by atoms with E-state index in [2.05, 4.69) is 120 Å². The Morgan fingerprint density at radius 2 is 1.16 bits per heavy atom. The van der Waals surface area contributed by atoms with Crippen LogP contribution in [-0.4, -0.2) is 14.5 Å². The molecule has 0 unspecified atom stereocenters. The van der Waals surface area contributed by atoms with Crippen molar-refractivity contribution in [3.8, 4) is 39.5 Å². The second-order valence-electron chi connectivity index (χ2n) is 11.0. The molecule has 206 valence electrons. The van der Waals surface area contributed by atoms with Gasteiger partial charge in [0, 0.05) is 33.0 Å². The standard InChI is InChI=1S/C40H25N3O/c1-3-13-26(14-4-1)37-39-38(32-20-8-10-24-35(32)44-39)42-40(41-37)28-16-11-15-27(25-28)30-21-12-23-34-36(30)31-19-7-9-22-33(31)43(34)29-17-5-2-6-18-29/h1-25H. The Morgan fingerprint density at radius 1 is 0.500 bits per heavy atom. The van der Waals surface area contributed by atoms with Gasteiger partial charge in [0.25, 0.3) is 0 Å². The lowest BCUT2D eigenvalue weighted by Crippen LogP contribution is -1.94. The molecule has 9 aromatic rings. The van der Waals surface area contributed by atoms with Gasteiger partial charge in [0.15, 0.2) is 11.4 Å². The second-order valence-corrected chi connectivity index (χ2v) is 11.0. The fourth-order valence-corrected chi connectivity index (χ4v) is 6.45. The van der Waals surface area contributed by atoms with Gasteiger partial charge in [0.1, 0.15) is 16.8 Å². The van der Waals surface area contributed by atoms with Crippen molar-refractivity contribution in [1.29, 1.82) is 0 Å². The smallest absolute Gasteiger partial charge is 0.180 e. The van der Waals surface area contributed by atoms with Crippen molar-refractivity contribution in [2.75, 3.05) is 0 Å². The monoisotopic (exact) mass is 563 g/mol. The molecule has 0 radical (unpaired) electrons. The van der Waals surface area contributed by atoms with Crippen LogP contribution >= 0.6 is 0 Å². The second kappa shape index (κ2) is 9.79. The highest BCUT2D eigenvalue weighted by Gasteiger charge is 2.19. The summed E-state index contributed by atoms with van der Waals surface area (Å²) < 4.78 is 8.67. The van der Waals surface area contributed by atoms with E-state index in [9.17, 15) is 0 Å². The average Bonchev–Trinajstić information content (AvgIpc) is 3.65. The van der Waals surface area contributed by atoms with Gasteiger partial charge in [-0.1, -0.05) is 109 Å². The van der Waals surface area contributed by atoms with Crippen molar-refractivity contribution < 1.29 is 4.42 Å². The molecule has 0 atom stereocenters. The molecule has 0 aliphatic rings. The Kier molecular flexibility index (Phi) is 5.47. The van der Waals surface area contributed by atoms with E-state index in [1.807, 2.05) is 36.4 Å². The van der Waals surface area contributed by atoms with Gasteiger partial charge >= 0.3 is 0 Å². The molecule has 4 nitrogen and oxygen atoms in total. The van der Waals surface area contributed by atoms with E-state index in [-0.39, 0.29) is 0 Å². The van der Waals surface area contributed by atoms with E-state index < -0.39 is 0 Å². The van der Waals surface area contributed by atoms with Crippen LogP contribution in [0.4, 0.5) is 0 Å². The van der Waals surface area contributed by atoms with E-state index >= 15 is 0 Å². The van der Waals surface area contributed by atoms with E-state index in [1.54, 1.807) is 0 Å². The van der Waals surface area contributed by atoms with Crippen LogP contribution in [0.3, 0.4) is 0 Å². The van der Waals surface area contributed by atoms with Crippen molar-refractivity contribution in [2.24, 2.45) is 0 Å². The van der Waals surface area contributed by atoms with Crippen LogP contribution in [-0.2, 0) is 0 Å². The highest BCUT2D eigenvalue weighted by molar-refractivity contribution is 6.16. The average molecular weight is 564 g/mol. The number of nitrogens with zero attached hydrogens (tertiary/aromatic N) is 3. The minimum Gasteiger partial charge on any atom is -0.452 e. The van der Waals surface area contributed by atoms with Gasteiger partial charge in [0.2, 0.25) is 0 Å². The number of furan rings is 1. The Labute approximate surface area is 253 Å². The van der Waals surface area contributed by atoms with E-state index in [0.29, 0.717) is 11.4 Å². The fourth-order valence-electron chi connectivity index (χ4n) is 6.45. The predicted molar refractivity (Wildman–Crippen MR) is 180 cm³/mol. The molecule has 9 rings (SSSR count). The molecule has 0 aliphatic carbocycles. The molecule has 3 aromatic heterocycles. The highest BCUT2D eigenvalue weighted by atomic mass is 16.3. The first-order valence-corrected chi connectivity index (χ1v) is 14.8. The van der Waals surface area contributed by atoms with Gasteiger partial charge in [-0.2, -0.15) is 0 Å². The molecule has 0 bridgehead atoms. The number of benzene rings is 6. The first-order chi connectivity index (χ1) is 21.8. The minimum atomic E-state index is 0.670. The molecule has 3 heterocycles. The van der Waals surface area contributed by atoms with E-state index in [0.717, 1.165) is 44.6 Å². The maximum absolute atomic E-state index is 6.32. The van der Waals surface area contributed by atoms with Crippen LogP contribution in [0, 0.1) is 0 Å². The Balaban J connectivity index is 1.28. The van der Waals surface area contributed by atoms with Crippen LogP contribution in [0.1, 0.15) is 0 Å². The molecule has 0 spiro atoms. The maximum atomic E-state index is 6.32. The topological polar surface area (TPSA) is 43.9 Å². The molecule has 6 aromatic carbocycles. The quantitative estimate of drug-likeness (QED) is 0.214. The maximum Gasteiger partial charge on any atom is 0.180 e. The third-order valence-electron chi connectivity index (χ3n) is 8.41. The van der Waals surface area contributed by atoms with Crippen molar-refractivity contribution in [1.82, 2.24) is 14.5 Å². The summed E-state index contributed by atoms with van der Waals surface area (Å²) in [5.74, 6) is 0.670. The van der Waals surface area contributed by atoms with Crippen LogP contribution in [0.5, 0.6) is 0 Å². The van der Waals surface area contributed by atoms with Gasteiger partial charge in [-0.25, -0.2) is 9.97 Å². The minimum absolute atomic E-state index is 0.670. The number of para-hydroxylation sites is 3. The molecule has 0 saturated carbocycles. The number of hydrogen-bond donors (Lipinski definition) is 0. The number of hydrogen-bond acceptors (Lipinski definition) is 3. The van der Waals surface area contributed by atoms with Crippen molar-refractivity contribution in [3.63, 3.8) is 0 Å². The largest absolute Gasteiger partial charge is 0.452 e. The number of rotatable bonds is 4. The third-order valence-corrected chi connectivity index (χ3v) is 8.41.